The van der Waals surface area contributed by atoms with Crippen molar-refractivity contribution in [1.29, 1.82) is 5.26 Å². The Labute approximate surface area is 202 Å². The SMILES string of the molecule is N#Cc1ccc(NC(=O)c2ccccc2N2CCN(C(=O)Cn3ccc4cccnc43)CC2)cn1. The van der Waals surface area contributed by atoms with Crippen LogP contribution in [0.3, 0.4) is 0 Å². The number of para-hydroxylation sites is 1. The summed E-state index contributed by atoms with van der Waals surface area (Å²) in [6, 6.07) is 18.4. The van der Waals surface area contributed by atoms with Gasteiger partial charge in [-0.1, -0.05) is 12.1 Å². The lowest BCUT2D eigenvalue weighted by Crippen LogP contribution is -2.50. The molecule has 2 amide bonds. The summed E-state index contributed by atoms with van der Waals surface area (Å²) in [6.45, 7) is 2.64. The van der Waals surface area contributed by atoms with Gasteiger partial charge in [-0.25, -0.2) is 9.97 Å². The highest BCUT2D eigenvalue weighted by atomic mass is 16.2. The van der Waals surface area contributed by atoms with Crippen LogP contribution in [0.25, 0.3) is 11.0 Å². The van der Waals surface area contributed by atoms with Gasteiger partial charge in [-0.05, 0) is 42.5 Å². The van der Waals surface area contributed by atoms with Crippen LogP contribution >= 0.6 is 0 Å². The van der Waals surface area contributed by atoms with E-state index < -0.39 is 0 Å². The molecule has 1 aromatic carbocycles. The van der Waals surface area contributed by atoms with Gasteiger partial charge in [0, 0.05) is 49.6 Å². The maximum atomic E-state index is 13.0. The van der Waals surface area contributed by atoms with Gasteiger partial charge < -0.3 is 19.7 Å². The summed E-state index contributed by atoms with van der Waals surface area (Å²) in [5, 5.41) is 12.7. The van der Waals surface area contributed by atoms with Crippen molar-refractivity contribution >= 4 is 34.2 Å². The number of fused-ring (bicyclic) bond motifs is 1. The fourth-order valence-electron chi connectivity index (χ4n) is 4.26. The van der Waals surface area contributed by atoms with Crippen molar-refractivity contribution in [3.05, 3.63) is 84.4 Å². The van der Waals surface area contributed by atoms with Crippen LogP contribution in [0.2, 0.25) is 0 Å². The quantitative estimate of drug-likeness (QED) is 0.486. The van der Waals surface area contributed by atoms with Gasteiger partial charge in [0.25, 0.3) is 5.91 Å². The molecule has 4 heterocycles. The molecule has 35 heavy (non-hydrogen) atoms. The van der Waals surface area contributed by atoms with Gasteiger partial charge in [0.2, 0.25) is 5.91 Å². The topological polar surface area (TPSA) is 107 Å². The minimum absolute atomic E-state index is 0.0483. The number of hydrogen-bond acceptors (Lipinski definition) is 6. The molecule has 9 nitrogen and oxygen atoms in total. The van der Waals surface area contributed by atoms with Crippen molar-refractivity contribution in [2.45, 2.75) is 6.54 Å². The first-order valence-electron chi connectivity index (χ1n) is 11.3. The molecule has 1 fully saturated rings. The number of rotatable bonds is 5. The summed E-state index contributed by atoms with van der Waals surface area (Å²) in [6.07, 6.45) is 5.09. The lowest BCUT2D eigenvalue weighted by molar-refractivity contribution is -0.132. The molecule has 1 saturated heterocycles. The Bertz CT molecular complexity index is 1410. The fourth-order valence-corrected chi connectivity index (χ4v) is 4.26. The molecule has 0 atom stereocenters. The van der Waals surface area contributed by atoms with Crippen molar-refractivity contribution in [2.24, 2.45) is 0 Å². The van der Waals surface area contributed by atoms with Gasteiger partial charge in [0.1, 0.15) is 24.0 Å². The van der Waals surface area contributed by atoms with Crippen LogP contribution in [0.1, 0.15) is 16.1 Å². The lowest BCUT2D eigenvalue weighted by atomic mass is 10.1. The van der Waals surface area contributed by atoms with E-state index in [1.165, 1.54) is 6.20 Å². The third-order valence-electron chi connectivity index (χ3n) is 6.09. The number of aromatic nitrogens is 3. The standard InChI is InChI=1S/C26H23N7O2/c27-16-20-7-8-21(17-29-20)30-26(35)22-5-1-2-6-23(22)31-12-14-32(15-13-31)24(34)18-33-11-9-19-4-3-10-28-25(19)33/h1-11,17H,12-15,18H2,(H,30,35). The van der Waals surface area contributed by atoms with Crippen LogP contribution in [-0.2, 0) is 11.3 Å². The van der Waals surface area contributed by atoms with Crippen LogP contribution in [0.4, 0.5) is 11.4 Å². The number of piperazine rings is 1. The second-order valence-electron chi connectivity index (χ2n) is 8.24. The van der Waals surface area contributed by atoms with Crippen LogP contribution in [0.5, 0.6) is 0 Å². The summed E-state index contributed by atoms with van der Waals surface area (Å²) < 4.78 is 1.88. The fraction of sp³-hybridized carbons (Fsp3) is 0.192. The van der Waals surface area contributed by atoms with Crippen LogP contribution in [-0.4, -0.2) is 57.4 Å². The molecule has 1 aliphatic heterocycles. The van der Waals surface area contributed by atoms with Crippen LogP contribution in [0, 0.1) is 11.3 Å². The zero-order valence-electron chi connectivity index (χ0n) is 19.0. The summed E-state index contributed by atoms with van der Waals surface area (Å²) in [5.74, 6) is -0.204. The average Bonchev–Trinajstić information content (AvgIpc) is 3.32. The first-order valence-corrected chi connectivity index (χ1v) is 11.3. The second kappa shape index (κ2) is 9.65. The van der Waals surface area contributed by atoms with Crippen LogP contribution in [0.15, 0.2) is 73.2 Å². The molecule has 1 aliphatic rings. The highest BCUT2D eigenvalue weighted by molar-refractivity contribution is 6.08. The van der Waals surface area contributed by atoms with E-state index in [0.29, 0.717) is 37.4 Å². The Balaban J connectivity index is 1.23. The Morgan fingerprint density at radius 3 is 2.57 bits per heavy atom. The molecule has 1 N–H and O–H groups in total. The molecule has 0 bridgehead atoms. The van der Waals surface area contributed by atoms with Gasteiger partial charge in [-0.15, -0.1) is 0 Å². The summed E-state index contributed by atoms with van der Waals surface area (Å²) in [5.41, 5.74) is 2.97. The van der Waals surface area contributed by atoms with Crippen molar-refractivity contribution < 1.29 is 9.59 Å². The number of carbonyl (C=O) groups is 2. The van der Waals surface area contributed by atoms with E-state index in [1.54, 1.807) is 24.4 Å². The maximum absolute atomic E-state index is 13.0. The summed E-state index contributed by atoms with van der Waals surface area (Å²) in [7, 11) is 0. The second-order valence-corrected chi connectivity index (χ2v) is 8.24. The minimum Gasteiger partial charge on any atom is -0.367 e. The maximum Gasteiger partial charge on any atom is 0.257 e. The number of nitriles is 1. The number of carbonyl (C=O) groups excluding carboxylic acids is 2. The normalized spacial score (nSPS) is 13.5. The molecule has 0 saturated carbocycles. The number of hydrogen-bond donors (Lipinski definition) is 1. The molecule has 0 spiro atoms. The highest BCUT2D eigenvalue weighted by Gasteiger charge is 2.24. The minimum atomic E-state index is -0.252. The van der Waals surface area contributed by atoms with E-state index in [-0.39, 0.29) is 24.1 Å². The largest absolute Gasteiger partial charge is 0.367 e. The Morgan fingerprint density at radius 2 is 1.80 bits per heavy atom. The van der Waals surface area contributed by atoms with Gasteiger partial charge in [0.05, 0.1) is 17.4 Å². The van der Waals surface area contributed by atoms with Crippen molar-refractivity contribution in [2.75, 3.05) is 36.4 Å². The number of nitrogens with zero attached hydrogens (tertiary/aromatic N) is 6. The number of pyridine rings is 2. The number of amides is 2. The first-order chi connectivity index (χ1) is 17.1. The zero-order chi connectivity index (χ0) is 24.2. The van der Waals surface area contributed by atoms with E-state index in [9.17, 15) is 9.59 Å². The molecule has 4 aromatic rings. The van der Waals surface area contributed by atoms with E-state index in [0.717, 1.165) is 16.7 Å². The molecular formula is C26H23N7O2. The van der Waals surface area contributed by atoms with Gasteiger partial charge in [-0.3, -0.25) is 9.59 Å². The smallest absolute Gasteiger partial charge is 0.257 e. The zero-order valence-corrected chi connectivity index (χ0v) is 19.0. The third kappa shape index (κ3) is 4.68. The monoisotopic (exact) mass is 465 g/mol. The van der Waals surface area contributed by atoms with Gasteiger partial charge >= 0.3 is 0 Å². The average molecular weight is 466 g/mol. The molecular weight excluding hydrogens is 442 g/mol. The Kier molecular flexibility index (Phi) is 6.09. The van der Waals surface area contributed by atoms with Gasteiger partial charge in [-0.2, -0.15) is 5.26 Å². The van der Waals surface area contributed by atoms with E-state index >= 15 is 0 Å². The van der Waals surface area contributed by atoms with Gasteiger partial charge in [0.15, 0.2) is 0 Å². The van der Waals surface area contributed by atoms with Crippen molar-refractivity contribution in [3.8, 4) is 6.07 Å². The summed E-state index contributed by atoms with van der Waals surface area (Å²) in [4.78, 5) is 38.3. The predicted molar refractivity (Wildman–Crippen MR) is 132 cm³/mol. The third-order valence-corrected chi connectivity index (χ3v) is 6.09. The van der Waals surface area contributed by atoms with E-state index in [4.69, 9.17) is 5.26 Å². The van der Waals surface area contributed by atoms with Crippen molar-refractivity contribution in [1.82, 2.24) is 19.4 Å². The predicted octanol–water partition coefficient (Wildman–Crippen LogP) is 2.90. The highest BCUT2D eigenvalue weighted by Crippen LogP contribution is 2.23. The molecule has 9 heteroatoms. The molecule has 174 valence electrons. The van der Waals surface area contributed by atoms with E-state index in [2.05, 4.69) is 20.2 Å². The summed E-state index contributed by atoms with van der Waals surface area (Å²) >= 11 is 0. The van der Waals surface area contributed by atoms with Crippen LogP contribution < -0.4 is 10.2 Å². The molecule has 3 aromatic heterocycles. The molecule has 5 rings (SSSR count). The first kappa shape index (κ1) is 22.1. The van der Waals surface area contributed by atoms with E-state index in [1.807, 2.05) is 58.1 Å². The Hall–Kier alpha value is -4.71. The number of anilines is 2. The number of nitrogens with one attached hydrogen (secondary N) is 1. The Morgan fingerprint density at radius 1 is 0.971 bits per heavy atom. The number of benzene rings is 1. The molecule has 0 aliphatic carbocycles. The molecule has 0 radical (unpaired) electrons. The lowest BCUT2D eigenvalue weighted by Gasteiger charge is -2.37. The van der Waals surface area contributed by atoms with Crippen molar-refractivity contribution in [3.63, 3.8) is 0 Å². The molecule has 0 unspecified atom stereocenters.